The van der Waals surface area contributed by atoms with Gasteiger partial charge in [-0.25, -0.2) is 18.4 Å². The zero-order valence-electron chi connectivity index (χ0n) is 17.4. The van der Waals surface area contributed by atoms with Crippen molar-refractivity contribution in [2.24, 2.45) is 0 Å². The fourth-order valence-corrected chi connectivity index (χ4v) is 4.50. The van der Waals surface area contributed by atoms with E-state index < -0.39 is 10.0 Å². The summed E-state index contributed by atoms with van der Waals surface area (Å²) >= 11 is 0. The molecule has 0 bridgehead atoms. The van der Waals surface area contributed by atoms with Crippen LogP contribution in [0.1, 0.15) is 0 Å². The minimum Gasteiger partial charge on any atom is -0.324 e. The normalized spacial score (nSPS) is 11.3. The van der Waals surface area contributed by atoms with Gasteiger partial charge in [-0.15, -0.1) is 0 Å². The van der Waals surface area contributed by atoms with E-state index in [1.54, 1.807) is 61.1 Å². The van der Waals surface area contributed by atoms with Crippen LogP contribution in [0.15, 0.2) is 108 Å². The van der Waals surface area contributed by atoms with Gasteiger partial charge in [-0.05, 0) is 65.4 Å². The van der Waals surface area contributed by atoms with Crippen LogP contribution < -0.4 is 10.0 Å². The van der Waals surface area contributed by atoms with E-state index in [4.69, 9.17) is 0 Å². The molecule has 0 amide bonds. The maximum Gasteiger partial charge on any atom is 0.261 e. The van der Waals surface area contributed by atoms with Crippen molar-refractivity contribution in [1.82, 2.24) is 15.0 Å². The summed E-state index contributed by atoms with van der Waals surface area (Å²) in [5, 5.41) is 5.00. The molecule has 3 aromatic carbocycles. The number of aromatic nitrogens is 3. The van der Waals surface area contributed by atoms with Gasteiger partial charge in [0.15, 0.2) is 0 Å². The summed E-state index contributed by atoms with van der Waals surface area (Å²) in [6, 6.07) is 25.2. The number of benzene rings is 3. The van der Waals surface area contributed by atoms with Crippen LogP contribution in [0, 0.1) is 0 Å². The Morgan fingerprint density at radius 2 is 1.42 bits per heavy atom. The number of nitrogens with zero attached hydrogens (tertiary/aromatic N) is 3. The van der Waals surface area contributed by atoms with Crippen LogP contribution >= 0.6 is 0 Å². The standard InChI is InChI=1S/C25H19N5O2S/c31-33(32,23-10-5-18-3-1-2-4-20(18)17-23)30-22-8-6-21(7-9-22)28-25-27-16-13-24(29-25)19-11-14-26-15-12-19/h1-17,30H,(H,27,28,29). The van der Waals surface area contributed by atoms with Crippen LogP contribution in [0.2, 0.25) is 0 Å². The second kappa shape index (κ2) is 8.68. The molecule has 0 aliphatic rings. The molecule has 162 valence electrons. The lowest BCUT2D eigenvalue weighted by atomic mass is 10.1. The highest BCUT2D eigenvalue weighted by Crippen LogP contribution is 2.23. The number of rotatable bonds is 6. The number of anilines is 3. The first-order chi connectivity index (χ1) is 16.1. The minimum atomic E-state index is -3.71. The Balaban J connectivity index is 1.31. The number of nitrogens with one attached hydrogen (secondary N) is 2. The van der Waals surface area contributed by atoms with Crippen molar-refractivity contribution >= 4 is 38.1 Å². The third-order valence-corrected chi connectivity index (χ3v) is 6.44. The van der Waals surface area contributed by atoms with Crippen LogP contribution in [0.25, 0.3) is 22.0 Å². The smallest absolute Gasteiger partial charge is 0.261 e. The van der Waals surface area contributed by atoms with Crippen molar-refractivity contribution < 1.29 is 8.42 Å². The van der Waals surface area contributed by atoms with Crippen molar-refractivity contribution in [1.29, 1.82) is 0 Å². The number of fused-ring (bicyclic) bond motifs is 1. The summed E-state index contributed by atoms with van der Waals surface area (Å²) < 4.78 is 28.3. The fourth-order valence-electron chi connectivity index (χ4n) is 3.40. The number of hydrogen-bond donors (Lipinski definition) is 2. The molecule has 0 unspecified atom stereocenters. The molecular formula is C25H19N5O2S. The fraction of sp³-hybridized carbons (Fsp3) is 0. The molecule has 8 heteroatoms. The van der Waals surface area contributed by atoms with Gasteiger partial charge in [0, 0.05) is 35.5 Å². The molecule has 7 nitrogen and oxygen atoms in total. The van der Waals surface area contributed by atoms with Gasteiger partial charge in [-0.1, -0.05) is 30.3 Å². The topological polar surface area (TPSA) is 96.9 Å². The van der Waals surface area contributed by atoms with Crippen molar-refractivity contribution in [2.45, 2.75) is 4.90 Å². The van der Waals surface area contributed by atoms with Gasteiger partial charge in [-0.2, -0.15) is 0 Å². The molecule has 0 fully saturated rings. The van der Waals surface area contributed by atoms with Crippen molar-refractivity contribution in [3.8, 4) is 11.3 Å². The van der Waals surface area contributed by atoms with Crippen LogP contribution in [0.4, 0.5) is 17.3 Å². The Morgan fingerprint density at radius 3 is 2.21 bits per heavy atom. The Bertz CT molecular complexity index is 1520. The molecule has 2 heterocycles. The maximum absolute atomic E-state index is 12.8. The number of sulfonamides is 1. The summed E-state index contributed by atoms with van der Waals surface area (Å²) in [5.74, 6) is 0.439. The number of pyridine rings is 1. The highest BCUT2D eigenvalue weighted by Gasteiger charge is 2.14. The molecule has 0 saturated carbocycles. The first kappa shape index (κ1) is 20.6. The van der Waals surface area contributed by atoms with Crippen LogP contribution in [0.5, 0.6) is 0 Å². The minimum absolute atomic E-state index is 0.213. The zero-order valence-corrected chi connectivity index (χ0v) is 18.2. The third-order valence-electron chi connectivity index (χ3n) is 5.06. The number of hydrogen-bond acceptors (Lipinski definition) is 6. The lowest BCUT2D eigenvalue weighted by Gasteiger charge is -2.11. The molecular weight excluding hydrogens is 434 g/mol. The molecule has 5 aromatic rings. The average Bonchev–Trinajstić information content (AvgIpc) is 2.85. The Hall–Kier alpha value is -4.30. The summed E-state index contributed by atoms with van der Waals surface area (Å²) in [6.45, 7) is 0. The van der Waals surface area contributed by atoms with E-state index >= 15 is 0 Å². The third kappa shape index (κ3) is 4.65. The van der Waals surface area contributed by atoms with Crippen LogP contribution in [-0.4, -0.2) is 23.4 Å². The van der Waals surface area contributed by atoms with E-state index in [1.165, 1.54) is 0 Å². The Kier molecular flexibility index (Phi) is 5.42. The average molecular weight is 454 g/mol. The highest BCUT2D eigenvalue weighted by molar-refractivity contribution is 7.92. The summed E-state index contributed by atoms with van der Waals surface area (Å²) in [7, 11) is -3.71. The summed E-state index contributed by atoms with van der Waals surface area (Å²) in [5.41, 5.74) is 2.90. The monoisotopic (exact) mass is 453 g/mol. The van der Waals surface area contributed by atoms with Gasteiger partial charge in [-0.3, -0.25) is 9.71 Å². The molecule has 0 aliphatic carbocycles. The van der Waals surface area contributed by atoms with E-state index in [0.717, 1.165) is 27.7 Å². The zero-order chi connectivity index (χ0) is 22.7. The second-order valence-corrected chi connectivity index (χ2v) is 9.00. The van der Waals surface area contributed by atoms with Crippen LogP contribution in [0.3, 0.4) is 0 Å². The first-order valence-electron chi connectivity index (χ1n) is 10.2. The molecule has 0 atom stereocenters. The van der Waals surface area contributed by atoms with Crippen molar-refractivity contribution in [2.75, 3.05) is 10.0 Å². The highest BCUT2D eigenvalue weighted by atomic mass is 32.2. The molecule has 33 heavy (non-hydrogen) atoms. The van der Waals surface area contributed by atoms with Gasteiger partial charge >= 0.3 is 0 Å². The van der Waals surface area contributed by atoms with Crippen molar-refractivity contribution in [3.63, 3.8) is 0 Å². The largest absolute Gasteiger partial charge is 0.324 e. The van der Waals surface area contributed by atoms with E-state index in [-0.39, 0.29) is 4.90 Å². The maximum atomic E-state index is 12.8. The van der Waals surface area contributed by atoms with Gasteiger partial charge < -0.3 is 5.32 Å². The molecule has 2 aromatic heterocycles. The summed E-state index contributed by atoms with van der Waals surface area (Å²) in [4.78, 5) is 13.0. The second-order valence-electron chi connectivity index (χ2n) is 7.32. The molecule has 2 N–H and O–H groups in total. The van der Waals surface area contributed by atoms with Gasteiger partial charge in [0.2, 0.25) is 5.95 Å². The lowest BCUT2D eigenvalue weighted by Crippen LogP contribution is -2.12. The predicted molar refractivity (Wildman–Crippen MR) is 130 cm³/mol. The summed E-state index contributed by atoms with van der Waals surface area (Å²) in [6.07, 6.45) is 5.10. The van der Waals surface area contributed by atoms with E-state index in [0.29, 0.717) is 11.6 Å². The molecule has 0 radical (unpaired) electrons. The van der Waals surface area contributed by atoms with E-state index in [2.05, 4.69) is 25.0 Å². The molecule has 0 aliphatic heterocycles. The quantitative estimate of drug-likeness (QED) is 0.365. The van der Waals surface area contributed by atoms with Gasteiger partial charge in [0.25, 0.3) is 10.0 Å². The first-order valence-corrected chi connectivity index (χ1v) is 11.7. The lowest BCUT2D eigenvalue weighted by molar-refractivity contribution is 0.601. The Morgan fingerprint density at radius 1 is 0.697 bits per heavy atom. The van der Waals surface area contributed by atoms with Gasteiger partial charge in [0.1, 0.15) is 0 Å². The van der Waals surface area contributed by atoms with Crippen molar-refractivity contribution in [3.05, 3.63) is 104 Å². The van der Waals surface area contributed by atoms with E-state index in [1.807, 2.05) is 42.5 Å². The molecule has 5 rings (SSSR count). The molecule has 0 spiro atoms. The van der Waals surface area contributed by atoms with E-state index in [9.17, 15) is 8.42 Å². The predicted octanol–water partition coefficient (Wildman–Crippen LogP) is 5.24. The molecule has 0 saturated heterocycles. The Labute approximate surface area is 191 Å². The van der Waals surface area contributed by atoms with Crippen LogP contribution in [-0.2, 0) is 10.0 Å². The van der Waals surface area contributed by atoms with Gasteiger partial charge in [0.05, 0.1) is 10.6 Å². The SMILES string of the molecule is O=S(=O)(Nc1ccc(Nc2nccc(-c3ccncc3)n2)cc1)c1ccc2ccccc2c1.